The van der Waals surface area contributed by atoms with E-state index in [1.165, 1.54) is 12.8 Å². The summed E-state index contributed by atoms with van der Waals surface area (Å²) in [5, 5.41) is 7.67. The van der Waals surface area contributed by atoms with Crippen LogP contribution in [0.1, 0.15) is 31.2 Å². The van der Waals surface area contributed by atoms with E-state index in [2.05, 4.69) is 51.3 Å². The third kappa shape index (κ3) is 3.52. The van der Waals surface area contributed by atoms with Gasteiger partial charge >= 0.3 is 0 Å². The number of aromatic nitrogens is 2. The summed E-state index contributed by atoms with van der Waals surface area (Å²) in [6.45, 7) is 5.18. The summed E-state index contributed by atoms with van der Waals surface area (Å²) in [4.78, 5) is 4.57. The summed E-state index contributed by atoms with van der Waals surface area (Å²) in [6.07, 6.45) is 3.44. The van der Waals surface area contributed by atoms with Gasteiger partial charge in [-0.2, -0.15) is 4.98 Å². The summed E-state index contributed by atoms with van der Waals surface area (Å²) in [6, 6.07) is 6.56. The Morgan fingerprint density at radius 3 is 2.90 bits per heavy atom. The van der Waals surface area contributed by atoms with Gasteiger partial charge in [0.1, 0.15) is 0 Å². The largest absolute Gasteiger partial charge is 0.339 e. The molecule has 1 aliphatic rings. The number of likely N-dealkylation sites (N-methyl/N-ethyl adjacent to an activating group) is 1. The first-order valence-corrected chi connectivity index (χ1v) is 8.29. The minimum atomic E-state index is 0.467. The van der Waals surface area contributed by atoms with Crippen LogP contribution in [-0.2, 0) is 6.42 Å². The van der Waals surface area contributed by atoms with Crippen molar-refractivity contribution in [3.63, 3.8) is 0 Å². The van der Waals surface area contributed by atoms with E-state index in [1.807, 2.05) is 12.1 Å². The van der Waals surface area contributed by atoms with Crippen molar-refractivity contribution in [1.82, 2.24) is 15.5 Å². The maximum absolute atomic E-state index is 5.45. The number of rotatable bonds is 6. The molecule has 21 heavy (non-hydrogen) atoms. The molecule has 1 fully saturated rings. The van der Waals surface area contributed by atoms with Gasteiger partial charge < -0.3 is 9.84 Å². The predicted molar refractivity (Wildman–Crippen MR) is 86.1 cm³/mol. The number of benzene rings is 1. The average Bonchev–Trinajstić information content (AvgIpc) is 3.19. The fourth-order valence-electron chi connectivity index (χ4n) is 2.68. The number of nitrogens with zero attached hydrogens (tertiary/aromatic N) is 2. The van der Waals surface area contributed by atoms with Gasteiger partial charge in [0.2, 0.25) is 11.7 Å². The summed E-state index contributed by atoms with van der Waals surface area (Å²) < 4.78 is 6.51. The van der Waals surface area contributed by atoms with Crippen molar-refractivity contribution in [3.05, 3.63) is 34.1 Å². The lowest BCUT2D eigenvalue weighted by atomic mass is 10.1. The Kier molecular flexibility index (Phi) is 4.40. The van der Waals surface area contributed by atoms with Crippen molar-refractivity contribution in [2.24, 2.45) is 5.92 Å². The molecule has 1 N–H and O–H groups in total. The molecule has 0 bridgehead atoms. The van der Waals surface area contributed by atoms with Gasteiger partial charge in [0.15, 0.2) is 0 Å². The quantitative estimate of drug-likeness (QED) is 0.862. The van der Waals surface area contributed by atoms with Crippen LogP contribution >= 0.6 is 15.9 Å². The van der Waals surface area contributed by atoms with E-state index in [9.17, 15) is 0 Å². The standard InChI is InChI=1S/C16H20BrN3O/c1-3-18-14(11-4-5-11)9-15-19-16(20-21-15)13-7-6-12(17)8-10(13)2/h6-8,11,14,18H,3-5,9H2,1-2H3. The first-order valence-electron chi connectivity index (χ1n) is 7.50. The summed E-state index contributed by atoms with van der Waals surface area (Å²) >= 11 is 3.47. The normalized spacial score (nSPS) is 16.1. The van der Waals surface area contributed by atoms with E-state index in [-0.39, 0.29) is 0 Å². The van der Waals surface area contributed by atoms with Crippen LogP contribution in [0.25, 0.3) is 11.4 Å². The van der Waals surface area contributed by atoms with Crippen LogP contribution in [0.2, 0.25) is 0 Å². The van der Waals surface area contributed by atoms with Gasteiger partial charge in [0.05, 0.1) is 0 Å². The molecule has 4 nitrogen and oxygen atoms in total. The molecule has 1 aliphatic carbocycles. The number of hydrogen-bond donors (Lipinski definition) is 1. The van der Waals surface area contributed by atoms with Crippen LogP contribution < -0.4 is 5.32 Å². The van der Waals surface area contributed by atoms with Crippen molar-refractivity contribution < 1.29 is 4.52 Å². The zero-order valence-corrected chi connectivity index (χ0v) is 14.0. The van der Waals surface area contributed by atoms with Gasteiger partial charge in [-0.1, -0.05) is 28.0 Å². The highest BCUT2D eigenvalue weighted by atomic mass is 79.9. The molecule has 2 aromatic rings. The van der Waals surface area contributed by atoms with Crippen LogP contribution in [0.3, 0.4) is 0 Å². The zero-order valence-electron chi connectivity index (χ0n) is 12.4. The first kappa shape index (κ1) is 14.7. The van der Waals surface area contributed by atoms with Crippen LogP contribution in [-0.4, -0.2) is 22.7 Å². The molecule has 112 valence electrons. The molecule has 3 rings (SSSR count). The number of halogens is 1. The van der Waals surface area contributed by atoms with Crippen molar-refractivity contribution >= 4 is 15.9 Å². The molecule has 0 spiro atoms. The molecular formula is C16H20BrN3O. The Labute approximate surface area is 133 Å². The van der Waals surface area contributed by atoms with Crippen LogP contribution in [0.4, 0.5) is 0 Å². The summed E-state index contributed by atoms with van der Waals surface area (Å²) in [7, 11) is 0. The van der Waals surface area contributed by atoms with Crippen molar-refractivity contribution in [1.29, 1.82) is 0 Å². The molecule has 1 unspecified atom stereocenters. The molecule has 0 amide bonds. The molecule has 1 aromatic heterocycles. The SMILES string of the molecule is CCNC(Cc1nc(-c2ccc(Br)cc2C)no1)C1CC1. The average molecular weight is 350 g/mol. The highest BCUT2D eigenvalue weighted by molar-refractivity contribution is 9.10. The number of aryl methyl sites for hydroxylation is 1. The smallest absolute Gasteiger partial charge is 0.228 e. The van der Waals surface area contributed by atoms with E-state index in [0.29, 0.717) is 11.9 Å². The van der Waals surface area contributed by atoms with Crippen LogP contribution in [0.15, 0.2) is 27.2 Å². The lowest BCUT2D eigenvalue weighted by molar-refractivity contribution is 0.348. The van der Waals surface area contributed by atoms with Crippen molar-refractivity contribution in [2.75, 3.05) is 6.54 Å². The lowest BCUT2D eigenvalue weighted by Crippen LogP contribution is -2.33. The van der Waals surface area contributed by atoms with E-state index >= 15 is 0 Å². The lowest BCUT2D eigenvalue weighted by Gasteiger charge is -2.14. The van der Waals surface area contributed by atoms with E-state index < -0.39 is 0 Å². The van der Waals surface area contributed by atoms with E-state index in [4.69, 9.17) is 4.52 Å². The Morgan fingerprint density at radius 1 is 1.43 bits per heavy atom. The van der Waals surface area contributed by atoms with Gasteiger partial charge in [-0.3, -0.25) is 0 Å². The van der Waals surface area contributed by atoms with Gasteiger partial charge in [-0.15, -0.1) is 0 Å². The molecule has 0 radical (unpaired) electrons. The van der Waals surface area contributed by atoms with Crippen LogP contribution in [0, 0.1) is 12.8 Å². The van der Waals surface area contributed by atoms with Gasteiger partial charge in [0, 0.05) is 22.5 Å². The van der Waals surface area contributed by atoms with E-state index in [0.717, 1.165) is 40.4 Å². The van der Waals surface area contributed by atoms with E-state index in [1.54, 1.807) is 0 Å². The van der Waals surface area contributed by atoms with Crippen LogP contribution in [0.5, 0.6) is 0 Å². The Morgan fingerprint density at radius 2 is 2.24 bits per heavy atom. The molecule has 1 aromatic carbocycles. The molecule has 1 atom stereocenters. The summed E-state index contributed by atoms with van der Waals surface area (Å²) in [5.74, 6) is 2.18. The molecule has 5 heteroatoms. The molecular weight excluding hydrogens is 330 g/mol. The number of hydrogen-bond acceptors (Lipinski definition) is 4. The second kappa shape index (κ2) is 6.28. The van der Waals surface area contributed by atoms with Crippen molar-refractivity contribution in [3.8, 4) is 11.4 Å². The Bertz CT molecular complexity index is 622. The molecule has 1 heterocycles. The van der Waals surface area contributed by atoms with Gasteiger partial charge in [0.25, 0.3) is 0 Å². The predicted octanol–water partition coefficient (Wildman–Crippen LogP) is 3.74. The Hall–Kier alpha value is -1.20. The third-order valence-corrected chi connectivity index (χ3v) is 4.44. The molecule has 0 saturated heterocycles. The topological polar surface area (TPSA) is 51.0 Å². The second-order valence-electron chi connectivity index (χ2n) is 5.68. The van der Waals surface area contributed by atoms with Gasteiger partial charge in [-0.25, -0.2) is 0 Å². The maximum atomic E-state index is 5.45. The minimum Gasteiger partial charge on any atom is -0.339 e. The fraction of sp³-hybridized carbons (Fsp3) is 0.500. The second-order valence-corrected chi connectivity index (χ2v) is 6.59. The fourth-order valence-corrected chi connectivity index (χ4v) is 3.16. The molecule has 1 saturated carbocycles. The number of nitrogens with one attached hydrogen (secondary N) is 1. The first-order chi connectivity index (χ1) is 10.2. The highest BCUT2D eigenvalue weighted by Crippen LogP contribution is 2.34. The van der Waals surface area contributed by atoms with Gasteiger partial charge in [-0.05, 0) is 56.0 Å². The third-order valence-electron chi connectivity index (χ3n) is 3.95. The highest BCUT2D eigenvalue weighted by Gasteiger charge is 2.32. The van der Waals surface area contributed by atoms with Crippen molar-refractivity contribution in [2.45, 2.75) is 39.2 Å². The Balaban J connectivity index is 1.76. The maximum Gasteiger partial charge on any atom is 0.228 e. The summed E-state index contributed by atoms with van der Waals surface area (Å²) in [5.41, 5.74) is 2.17. The monoisotopic (exact) mass is 349 g/mol. The molecule has 0 aliphatic heterocycles. The minimum absolute atomic E-state index is 0.467. The zero-order chi connectivity index (χ0) is 14.8.